The molecule has 0 aliphatic carbocycles. The molecule has 2 rings (SSSR count). The zero-order valence-corrected chi connectivity index (χ0v) is 9.78. The van der Waals surface area contributed by atoms with Gasteiger partial charge in [-0.3, -0.25) is 4.99 Å². The monoisotopic (exact) mass is 234 g/mol. The first-order valence-electron chi connectivity index (χ1n) is 5.27. The van der Waals surface area contributed by atoms with Crippen LogP contribution >= 0.6 is 11.8 Å². The van der Waals surface area contributed by atoms with Crippen molar-refractivity contribution in [2.45, 2.75) is 6.42 Å². The highest BCUT2D eigenvalue weighted by molar-refractivity contribution is 8.14. The van der Waals surface area contributed by atoms with Gasteiger partial charge in [0.2, 0.25) is 0 Å². The largest absolute Gasteiger partial charge is 0.396 e. The Labute approximate surface area is 99.3 Å². The lowest BCUT2D eigenvalue weighted by atomic mass is 10.1. The van der Waals surface area contributed by atoms with Crippen molar-refractivity contribution in [3.8, 4) is 0 Å². The van der Waals surface area contributed by atoms with Crippen LogP contribution in [0.4, 0.5) is 0 Å². The van der Waals surface area contributed by atoms with Crippen LogP contribution < -0.4 is 0 Å². The molecular formula is C12H14N2OS. The van der Waals surface area contributed by atoms with E-state index in [1.54, 1.807) is 11.8 Å². The van der Waals surface area contributed by atoms with E-state index in [-0.39, 0.29) is 6.61 Å². The maximum absolute atomic E-state index is 8.71. The molecule has 1 heterocycles. The predicted molar refractivity (Wildman–Crippen MR) is 69.4 cm³/mol. The van der Waals surface area contributed by atoms with Crippen LogP contribution in [0.15, 0.2) is 40.3 Å². The standard InChI is InChI=1S/C12H14N2OS/c15-6-7-16-12-9-13-11(14-12)8-10-4-2-1-3-5-10/h1-5,15H,6-9H2. The second-order valence-electron chi connectivity index (χ2n) is 3.47. The summed E-state index contributed by atoms with van der Waals surface area (Å²) in [4.78, 5) is 8.82. The Morgan fingerprint density at radius 3 is 2.81 bits per heavy atom. The molecule has 3 nitrogen and oxygen atoms in total. The number of hydrogen-bond donors (Lipinski definition) is 1. The van der Waals surface area contributed by atoms with Gasteiger partial charge >= 0.3 is 0 Å². The summed E-state index contributed by atoms with van der Waals surface area (Å²) in [6.07, 6.45) is 0.796. The van der Waals surface area contributed by atoms with Gasteiger partial charge in [0.25, 0.3) is 0 Å². The van der Waals surface area contributed by atoms with Gasteiger partial charge in [-0.2, -0.15) is 0 Å². The maximum Gasteiger partial charge on any atom is 0.129 e. The molecule has 0 bridgehead atoms. The minimum absolute atomic E-state index is 0.192. The number of amidine groups is 1. The lowest BCUT2D eigenvalue weighted by Gasteiger charge is -1.97. The van der Waals surface area contributed by atoms with E-state index in [0.29, 0.717) is 12.3 Å². The second-order valence-corrected chi connectivity index (χ2v) is 4.64. The van der Waals surface area contributed by atoms with Crippen LogP contribution in [-0.4, -0.2) is 34.9 Å². The van der Waals surface area contributed by atoms with E-state index in [2.05, 4.69) is 22.1 Å². The van der Waals surface area contributed by atoms with Crippen LogP contribution in [-0.2, 0) is 6.42 Å². The zero-order valence-electron chi connectivity index (χ0n) is 8.97. The molecule has 1 aliphatic heterocycles. The molecule has 84 valence electrons. The zero-order chi connectivity index (χ0) is 11.2. The number of rotatable bonds is 4. The normalized spacial score (nSPS) is 14.8. The van der Waals surface area contributed by atoms with Gasteiger partial charge in [0.1, 0.15) is 5.84 Å². The van der Waals surface area contributed by atoms with Gasteiger partial charge in [0.05, 0.1) is 18.2 Å². The number of hydrogen-bond acceptors (Lipinski definition) is 4. The average Bonchev–Trinajstić information content (AvgIpc) is 2.75. The van der Waals surface area contributed by atoms with Crippen molar-refractivity contribution in [1.29, 1.82) is 0 Å². The summed E-state index contributed by atoms with van der Waals surface area (Å²) >= 11 is 1.58. The Hall–Kier alpha value is -1.13. The first-order valence-corrected chi connectivity index (χ1v) is 6.25. The quantitative estimate of drug-likeness (QED) is 0.863. The Morgan fingerprint density at radius 1 is 1.25 bits per heavy atom. The Bertz CT molecular complexity index is 401. The van der Waals surface area contributed by atoms with E-state index in [1.165, 1.54) is 5.56 Å². The Balaban J connectivity index is 1.90. The molecule has 0 saturated heterocycles. The van der Waals surface area contributed by atoms with Gasteiger partial charge in [0.15, 0.2) is 0 Å². The molecule has 1 aromatic carbocycles. The van der Waals surface area contributed by atoms with Gasteiger partial charge in [-0.05, 0) is 5.56 Å². The van der Waals surface area contributed by atoms with Crippen molar-refractivity contribution in [3.05, 3.63) is 35.9 Å². The third kappa shape index (κ3) is 3.18. The minimum atomic E-state index is 0.192. The molecule has 1 aliphatic rings. The number of aliphatic hydroxyl groups is 1. The SMILES string of the molecule is OCCSC1=NC(Cc2ccccc2)=NC1. The van der Waals surface area contributed by atoms with Crippen molar-refractivity contribution in [2.75, 3.05) is 18.9 Å². The minimum Gasteiger partial charge on any atom is -0.396 e. The van der Waals surface area contributed by atoms with Crippen LogP contribution in [0, 0.1) is 0 Å². The van der Waals surface area contributed by atoms with Crippen LogP contribution in [0.2, 0.25) is 0 Å². The topological polar surface area (TPSA) is 45.0 Å². The molecule has 0 amide bonds. The van der Waals surface area contributed by atoms with Gasteiger partial charge < -0.3 is 5.11 Å². The van der Waals surface area contributed by atoms with E-state index in [4.69, 9.17) is 5.11 Å². The number of benzene rings is 1. The third-order valence-electron chi connectivity index (χ3n) is 2.22. The van der Waals surface area contributed by atoms with Crippen LogP contribution in [0.1, 0.15) is 5.56 Å². The summed E-state index contributed by atoms with van der Waals surface area (Å²) in [5.74, 6) is 1.60. The van der Waals surface area contributed by atoms with Crippen molar-refractivity contribution in [1.82, 2.24) is 0 Å². The smallest absolute Gasteiger partial charge is 0.129 e. The Morgan fingerprint density at radius 2 is 2.06 bits per heavy atom. The van der Waals surface area contributed by atoms with Gasteiger partial charge in [-0.1, -0.05) is 30.3 Å². The Kier molecular flexibility index (Phi) is 4.13. The van der Waals surface area contributed by atoms with Crippen LogP contribution in [0.25, 0.3) is 0 Å². The highest BCUT2D eigenvalue weighted by Crippen LogP contribution is 2.12. The molecule has 0 spiro atoms. The van der Waals surface area contributed by atoms with Crippen molar-refractivity contribution < 1.29 is 5.11 Å². The molecule has 0 radical (unpaired) electrons. The molecule has 0 atom stereocenters. The van der Waals surface area contributed by atoms with Crippen molar-refractivity contribution in [2.24, 2.45) is 9.98 Å². The van der Waals surface area contributed by atoms with Gasteiger partial charge in [0, 0.05) is 12.2 Å². The fraction of sp³-hybridized carbons (Fsp3) is 0.333. The molecule has 0 saturated carbocycles. The summed E-state index contributed by atoms with van der Waals surface area (Å²) in [5.41, 5.74) is 1.23. The number of aliphatic hydroxyl groups excluding tert-OH is 1. The molecule has 16 heavy (non-hydrogen) atoms. The molecular weight excluding hydrogens is 220 g/mol. The fourth-order valence-electron chi connectivity index (χ4n) is 1.49. The van der Waals surface area contributed by atoms with E-state index in [1.807, 2.05) is 18.2 Å². The number of nitrogens with zero attached hydrogens (tertiary/aromatic N) is 2. The summed E-state index contributed by atoms with van der Waals surface area (Å²) in [7, 11) is 0. The first kappa shape index (κ1) is 11.4. The average molecular weight is 234 g/mol. The lowest BCUT2D eigenvalue weighted by molar-refractivity contribution is 0.323. The van der Waals surface area contributed by atoms with E-state index in [0.717, 1.165) is 17.3 Å². The predicted octanol–water partition coefficient (Wildman–Crippen LogP) is 1.77. The van der Waals surface area contributed by atoms with Crippen LogP contribution in [0.3, 0.4) is 0 Å². The highest BCUT2D eigenvalue weighted by Gasteiger charge is 2.10. The lowest BCUT2D eigenvalue weighted by Crippen LogP contribution is -1.98. The van der Waals surface area contributed by atoms with E-state index >= 15 is 0 Å². The van der Waals surface area contributed by atoms with Crippen LogP contribution in [0.5, 0.6) is 0 Å². The second kappa shape index (κ2) is 5.82. The van der Waals surface area contributed by atoms with Crippen molar-refractivity contribution >= 4 is 22.6 Å². The molecule has 1 N–H and O–H groups in total. The third-order valence-corrected chi connectivity index (χ3v) is 3.16. The molecule has 0 fully saturated rings. The van der Waals surface area contributed by atoms with Crippen molar-refractivity contribution in [3.63, 3.8) is 0 Å². The molecule has 1 aromatic rings. The highest BCUT2D eigenvalue weighted by atomic mass is 32.2. The maximum atomic E-state index is 8.71. The summed E-state index contributed by atoms with van der Waals surface area (Å²) < 4.78 is 0. The van der Waals surface area contributed by atoms with E-state index in [9.17, 15) is 0 Å². The van der Waals surface area contributed by atoms with Gasteiger partial charge in [-0.15, -0.1) is 11.8 Å². The fourth-order valence-corrected chi connectivity index (χ4v) is 2.14. The summed E-state index contributed by atoms with van der Waals surface area (Å²) in [5, 5.41) is 9.73. The van der Waals surface area contributed by atoms with E-state index < -0.39 is 0 Å². The number of aliphatic imine (C=N–C) groups is 2. The molecule has 0 unspecified atom stereocenters. The summed E-state index contributed by atoms with van der Waals surface area (Å²) in [6.45, 7) is 0.866. The molecule has 0 aromatic heterocycles. The molecule has 4 heteroatoms. The first-order chi connectivity index (χ1) is 7.88. The summed E-state index contributed by atoms with van der Waals surface area (Å²) in [6, 6.07) is 10.2. The van der Waals surface area contributed by atoms with Gasteiger partial charge in [-0.25, -0.2) is 4.99 Å². The number of thioether (sulfide) groups is 1.